The fourth-order valence-corrected chi connectivity index (χ4v) is 7.97. The van der Waals surface area contributed by atoms with Crippen molar-refractivity contribution < 1.29 is 51.4 Å². The number of aromatic nitrogens is 3. The summed E-state index contributed by atoms with van der Waals surface area (Å²) < 4.78 is 61.5. The third-order valence-corrected chi connectivity index (χ3v) is 11.9. The number of alkyl halides is 4. The number of carbonyl (C=O) groups excluding carboxylic acids is 4. The molecule has 6 N–H and O–H groups in total. The number of nitrogens with one attached hydrogen (secondary N) is 5. The van der Waals surface area contributed by atoms with Crippen LogP contribution in [0.15, 0.2) is 66.7 Å². The number of carbonyl (C=O) groups is 5. The molecule has 0 spiro atoms. The molecule has 1 saturated heterocycles. The second kappa shape index (κ2) is 20.4. The first-order valence-corrected chi connectivity index (χ1v) is 21.9. The van der Waals surface area contributed by atoms with Crippen molar-refractivity contribution in [3.05, 3.63) is 89.2 Å². The first kappa shape index (κ1) is 49.1. The van der Waals surface area contributed by atoms with E-state index in [4.69, 9.17) is 9.84 Å². The highest BCUT2D eigenvalue weighted by molar-refractivity contribution is 5.98. The number of piperidine rings is 1. The van der Waals surface area contributed by atoms with Crippen LogP contribution in [-0.4, -0.2) is 105 Å². The third-order valence-electron chi connectivity index (χ3n) is 11.9. The molecule has 3 aromatic carbocycles. The van der Waals surface area contributed by atoms with Crippen LogP contribution in [0.5, 0.6) is 0 Å². The van der Waals surface area contributed by atoms with Gasteiger partial charge in [0.05, 0.1) is 0 Å². The molecule has 6 rings (SSSR count). The number of hydrogen-bond donors (Lipinski definition) is 6. The highest BCUT2D eigenvalue weighted by Gasteiger charge is 2.66. The molecule has 1 atom stereocenters. The standard InChI is InChI=1S/C47H56F4N8O7/c1-27-6-11-33(40(61)53-35-20-22-59(5)23-21-35)25-36(27)30-12-7-28(8-13-30)24-37(55-39(60)32-14-9-29(10-15-32)26-52-44(65)66-45(2,3)4)41(62)54-34-18-16-31(17-19-34)38-56-42(58-57-38)46(48,49)47(50,51)43(63)64/h6-8,11-13,16-19,25,29,32,35,37H,9-10,14-15,20-24,26H2,1-5H3,(H,52,65)(H,53,61)(H,54,62)(H,55,60)(H,63,64)(H,56,57,58)/t29-,32-,37-/m0/s1. The number of carboxylic acid groups (broad SMARTS) is 1. The van der Waals surface area contributed by atoms with Gasteiger partial charge in [-0.05, 0) is 151 Å². The molecule has 66 heavy (non-hydrogen) atoms. The number of carboxylic acids is 1. The van der Waals surface area contributed by atoms with Crippen LogP contribution in [0, 0.1) is 18.8 Å². The SMILES string of the molecule is Cc1ccc(C(=O)NC2CCN(C)CC2)cc1-c1ccc(C[C@H](NC(=O)[C@H]2CC[C@H](CNC(=O)OC(C)(C)C)CC2)C(=O)Nc2ccc(-c3nc(C(F)(F)C(F)(F)C(=O)O)n[nH]3)cc2)cc1. The van der Waals surface area contributed by atoms with E-state index in [1.54, 1.807) is 20.8 Å². The zero-order valence-corrected chi connectivity index (χ0v) is 37.5. The summed E-state index contributed by atoms with van der Waals surface area (Å²) in [6, 6.07) is 17.6. The summed E-state index contributed by atoms with van der Waals surface area (Å²) in [5, 5.41) is 25.6. The maximum absolute atomic E-state index is 14.3. The van der Waals surface area contributed by atoms with Gasteiger partial charge in [0.15, 0.2) is 5.82 Å². The van der Waals surface area contributed by atoms with Gasteiger partial charge in [-0.15, -0.1) is 0 Å². The molecule has 2 heterocycles. The van der Waals surface area contributed by atoms with Gasteiger partial charge < -0.3 is 36.0 Å². The largest absolute Gasteiger partial charge is 0.477 e. The molecule has 0 unspecified atom stereocenters. The second-order valence-electron chi connectivity index (χ2n) is 18.2. The predicted octanol–water partition coefficient (Wildman–Crippen LogP) is 7.08. The zero-order chi connectivity index (χ0) is 48.0. The van der Waals surface area contributed by atoms with E-state index in [0.717, 1.165) is 48.2 Å². The number of alkyl carbamates (subject to hydrolysis) is 1. The molecule has 0 radical (unpaired) electrons. The third kappa shape index (κ3) is 12.3. The maximum atomic E-state index is 14.3. The van der Waals surface area contributed by atoms with Crippen LogP contribution in [0.25, 0.3) is 22.5 Å². The number of likely N-dealkylation sites (tertiary alicyclic amines) is 1. The Bertz CT molecular complexity index is 2370. The number of halogens is 4. The number of hydrogen-bond acceptors (Lipinski definition) is 9. The van der Waals surface area contributed by atoms with Crippen LogP contribution in [0.3, 0.4) is 0 Å². The Morgan fingerprint density at radius 1 is 0.879 bits per heavy atom. The smallest absolute Gasteiger partial charge is 0.411 e. The van der Waals surface area contributed by atoms with Gasteiger partial charge in [0.1, 0.15) is 11.6 Å². The summed E-state index contributed by atoms with van der Waals surface area (Å²) in [5.41, 5.74) is 3.69. The Hall–Kier alpha value is -6.37. The average molecular weight is 921 g/mol. The minimum Gasteiger partial charge on any atom is -0.477 e. The van der Waals surface area contributed by atoms with Gasteiger partial charge in [-0.2, -0.15) is 22.7 Å². The number of aromatic amines is 1. The van der Waals surface area contributed by atoms with Gasteiger partial charge >= 0.3 is 23.9 Å². The highest BCUT2D eigenvalue weighted by atomic mass is 19.3. The molecule has 1 aliphatic carbocycles. The van der Waals surface area contributed by atoms with Crippen molar-refractivity contribution in [2.24, 2.45) is 11.8 Å². The molecule has 4 amide bonds. The van der Waals surface area contributed by atoms with Crippen molar-refractivity contribution in [1.29, 1.82) is 0 Å². The summed E-state index contributed by atoms with van der Waals surface area (Å²) in [7, 11) is 2.06. The molecule has 2 fully saturated rings. The Balaban J connectivity index is 1.15. The zero-order valence-electron chi connectivity index (χ0n) is 37.5. The first-order valence-electron chi connectivity index (χ1n) is 21.9. The van der Waals surface area contributed by atoms with Crippen molar-refractivity contribution in [3.8, 4) is 22.5 Å². The van der Waals surface area contributed by atoms with E-state index in [1.807, 2.05) is 49.4 Å². The fraction of sp³-hybridized carbons (Fsp3) is 0.468. The summed E-state index contributed by atoms with van der Waals surface area (Å²) in [4.78, 5) is 69.7. The Morgan fingerprint density at radius 3 is 2.14 bits per heavy atom. The lowest BCUT2D eigenvalue weighted by atomic mass is 9.81. The lowest BCUT2D eigenvalue weighted by molar-refractivity contribution is -0.231. The molecule has 1 aromatic heterocycles. The topological polar surface area (TPSA) is 208 Å². The van der Waals surface area contributed by atoms with E-state index >= 15 is 0 Å². The van der Waals surface area contributed by atoms with Crippen molar-refractivity contribution in [2.75, 3.05) is 32.0 Å². The number of amides is 4. The monoisotopic (exact) mass is 920 g/mol. The number of nitrogens with zero attached hydrogens (tertiary/aromatic N) is 3. The average Bonchev–Trinajstić information content (AvgIpc) is 3.78. The number of H-pyrrole nitrogens is 1. The van der Waals surface area contributed by atoms with E-state index in [-0.39, 0.29) is 53.2 Å². The summed E-state index contributed by atoms with van der Waals surface area (Å²) >= 11 is 0. The molecule has 354 valence electrons. The summed E-state index contributed by atoms with van der Waals surface area (Å²) in [5.74, 6) is -17.0. The Labute approximate surface area is 379 Å². The number of benzene rings is 3. The van der Waals surface area contributed by atoms with E-state index < -0.39 is 47.3 Å². The Morgan fingerprint density at radius 2 is 1.52 bits per heavy atom. The number of rotatable bonds is 15. The number of aliphatic carboxylic acids is 1. The second-order valence-corrected chi connectivity index (χ2v) is 18.2. The van der Waals surface area contributed by atoms with Gasteiger partial charge in [0.25, 0.3) is 5.91 Å². The summed E-state index contributed by atoms with van der Waals surface area (Å²) in [6.07, 6.45) is 3.77. The first-order chi connectivity index (χ1) is 31.1. The van der Waals surface area contributed by atoms with Crippen LogP contribution in [-0.2, 0) is 31.5 Å². The molecule has 1 aliphatic heterocycles. The minimum atomic E-state index is -5.47. The molecule has 1 saturated carbocycles. The molecular formula is C47H56F4N8O7. The van der Waals surface area contributed by atoms with Crippen LogP contribution in [0.4, 0.5) is 28.0 Å². The number of anilines is 1. The van der Waals surface area contributed by atoms with E-state index in [2.05, 4.69) is 48.4 Å². The van der Waals surface area contributed by atoms with E-state index in [9.17, 15) is 41.5 Å². The van der Waals surface area contributed by atoms with Crippen LogP contribution >= 0.6 is 0 Å². The van der Waals surface area contributed by atoms with Crippen LogP contribution in [0.1, 0.15) is 86.6 Å². The summed E-state index contributed by atoms with van der Waals surface area (Å²) in [6.45, 7) is 9.54. The van der Waals surface area contributed by atoms with Crippen molar-refractivity contribution in [2.45, 2.75) is 102 Å². The quantitative estimate of drug-likeness (QED) is 0.0668. The molecular weight excluding hydrogens is 865 g/mol. The van der Waals surface area contributed by atoms with Crippen molar-refractivity contribution in [3.63, 3.8) is 0 Å². The minimum absolute atomic E-state index is 0.0964. The molecule has 19 heteroatoms. The maximum Gasteiger partial charge on any atom is 0.411 e. The lowest BCUT2D eigenvalue weighted by Gasteiger charge is -2.29. The normalized spacial score (nSPS) is 17.9. The van der Waals surface area contributed by atoms with Crippen LogP contribution in [0.2, 0.25) is 0 Å². The van der Waals surface area contributed by atoms with Gasteiger partial charge in [0.2, 0.25) is 17.6 Å². The molecule has 0 bridgehead atoms. The fourth-order valence-electron chi connectivity index (χ4n) is 7.97. The van der Waals surface area contributed by atoms with E-state index in [0.29, 0.717) is 37.8 Å². The predicted molar refractivity (Wildman–Crippen MR) is 237 cm³/mol. The van der Waals surface area contributed by atoms with Gasteiger partial charge in [-0.25, -0.2) is 14.6 Å². The van der Waals surface area contributed by atoms with E-state index in [1.165, 1.54) is 24.3 Å². The Kier molecular flexibility index (Phi) is 15.2. The van der Waals surface area contributed by atoms with Crippen molar-refractivity contribution >= 4 is 35.5 Å². The number of ether oxygens (including phenoxy) is 1. The lowest BCUT2D eigenvalue weighted by Crippen LogP contribution is -2.48. The van der Waals surface area contributed by atoms with Crippen LogP contribution < -0.4 is 21.3 Å². The van der Waals surface area contributed by atoms with Gasteiger partial charge in [0, 0.05) is 41.7 Å². The molecule has 2 aliphatic rings. The molecule has 4 aromatic rings. The molecule has 15 nitrogen and oxygen atoms in total. The van der Waals surface area contributed by atoms with Crippen molar-refractivity contribution in [1.82, 2.24) is 36.0 Å². The highest BCUT2D eigenvalue weighted by Crippen LogP contribution is 2.42. The number of aryl methyl sites for hydroxylation is 1. The van der Waals surface area contributed by atoms with Gasteiger partial charge in [-0.1, -0.05) is 30.3 Å². The van der Waals surface area contributed by atoms with Gasteiger partial charge in [-0.3, -0.25) is 19.5 Å².